The predicted molar refractivity (Wildman–Crippen MR) is 136 cm³/mol. The Labute approximate surface area is 217 Å². The summed E-state index contributed by atoms with van der Waals surface area (Å²) in [6.45, 7) is 6.69. The van der Waals surface area contributed by atoms with E-state index in [1.807, 2.05) is 31.2 Å². The Bertz CT molecular complexity index is 1240. The van der Waals surface area contributed by atoms with Crippen LogP contribution in [0.15, 0.2) is 48.5 Å². The van der Waals surface area contributed by atoms with E-state index in [9.17, 15) is 18.3 Å². The lowest BCUT2D eigenvalue weighted by Crippen LogP contribution is -2.50. The number of aliphatic hydroxyl groups excluding tert-OH is 1. The molecule has 198 valence electrons. The molecule has 0 radical (unpaired) electrons. The summed E-state index contributed by atoms with van der Waals surface area (Å²) in [5.74, 6) is 0.704. The van der Waals surface area contributed by atoms with Crippen LogP contribution in [0.4, 0.5) is 13.2 Å². The molecule has 0 spiro atoms. The van der Waals surface area contributed by atoms with E-state index < -0.39 is 17.8 Å². The van der Waals surface area contributed by atoms with E-state index in [1.165, 1.54) is 12.1 Å². The fourth-order valence-corrected chi connectivity index (χ4v) is 5.35. The van der Waals surface area contributed by atoms with Crippen molar-refractivity contribution in [2.24, 2.45) is 0 Å². The van der Waals surface area contributed by atoms with Crippen molar-refractivity contribution in [2.45, 2.75) is 25.3 Å². The minimum Gasteiger partial charge on any atom is -0.491 e. The van der Waals surface area contributed by atoms with Gasteiger partial charge in [0.25, 0.3) is 0 Å². The SMILES string of the molecule is Cc1nc2cc(OCC(O)CN3CCN(CC4C=C(c5ccc(C(F)(F)F)cc5)NO4)CC3)ccc2s1. The Morgan fingerprint density at radius 2 is 1.86 bits per heavy atom. The van der Waals surface area contributed by atoms with Crippen molar-refractivity contribution in [3.05, 3.63) is 64.7 Å². The number of hydrogen-bond acceptors (Lipinski definition) is 8. The van der Waals surface area contributed by atoms with Gasteiger partial charge in [-0.1, -0.05) is 12.1 Å². The van der Waals surface area contributed by atoms with Crippen LogP contribution in [0.5, 0.6) is 5.75 Å². The van der Waals surface area contributed by atoms with Crippen LogP contribution in [0, 0.1) is 6.92 Å². The zero-order valence-corrected chi connectivity index (χ0v) is 21.2. The van der Waals surface area contributed by atoms with Crippen molar-refractivity contribution in [3.63, 3.8) is 0 Å². The second kappa shape index (κ2) is 11.0. The van der Waals surface area contributed by atoms with Gasteiger partial charge in [-0.3, -0.25) is 20.1 Å². The lowest BCUT2D eigenvalue weighted by Gasteiger charge is -2.36. The molecule has 3 aromatic rings. The number of thiazole rings is 1. The third-order valence-electron chi connectivity index (χ3n) is 6.48. The van der Waals surface area contributed by atoms with Crippen LogP contribution in [-0.4, -0.2) is 78.0 Å². The summed E-state index contributed by atoms with van der Waals surface area (Å²) < 4.78 is 45.3. The first kappa shape index (κ1) is 25.9. The van der Waals surface area contributed by atoms with E-state index in [-0.39, 0.29) is 12.7 Å². The third kappa shape index (κ3) is 6.60. The summed E-state index contributed by atoms with van der Waals surface area (Å²) in [5.41, 5.74) is 4.40. The molecule has 0 bridgehead atoms. The zero-order chi connectivity index (χ0) is 26.0. The minimum absolute atomic E-state index is 0.193. The highest BCUT2D eigenvalue weighted by Gasteiger charge is 2.30. The molecule has 1 fully saturated rings. The number of aromatic nitrogens is 1. The molecule has 1 aromatic heterocycles. The Kier molecular flexibility index (Phi) is 7.68. The summed E-state index contributed by atoms with van der Waals surface area (Å²) in [5, 5.41) is 11.5. The molecule has 2 aliphatic heterocycles. The average molecular weight is 535 g/mol. The molecule has 37 heavy (non-hydrogen) atoms. The second-order valence-corrected chi connectivity index (χ2v) is 10.6. The maximum absolute atomic E-state index is 12.8. The van der Waals surface area contributed by atoms with Gasteiger partial charge in [-0.25, -0.2) is 4.98 Å². The first-order valence-electron chi connectivity index (χ1n) is 12.2. The van der Waals surface area contributed by atoms with Gasteiger partial charge in [0, 0.05) is 45.3 Å². The number of nitrogens with zero attached hydrogens (tertiary/aromatic N) is 3. The monoisotopic (exact) mass is 534 g/mol. The molecule has 7 nitrogen and oxygen atoms in total. The lowest BCUT2D eigenvalue weighted by atomic mass is 10.1. The Morgan fingerprint density at radius 1 is 1.14 bits per heavy atom. The lowest BCUT2D eigenvalue weighted by molar-refractivity contribution is -0.137. The summed E-state index contributed by atoms with van der Waals surface area (Å²) in [7, 11) is 0. The fraction of sp³-hybridized carbons (Fsp3) is 0.423. The number of β-amino-alcohol motifs (C(OH)–C–C–N with tert-alkyl or cyclic N) is 1. The Balaban J connectivity index is 1.04. The number of ether oxygens (including phenoxy) is 1. The van der Waals surface area contributed by atoms with E-state index in [0.29, 0.717) is 30.1 Å². The molecule has 0 aliphatic carbocycles. The van der Waals surface area contributed by atoms with Crippen molar-refractivity contribution < 1.29 is 27.9 Å². The molecule has 11 heteroatoms. The van der Waals surface area contributed by atoms with Gasteiger partial charge in [0.05, 0.1) is 26.5 Å². The van der Waals surface area contributed by atoms with Crippen molar-refractivity contribution >= 4 is 27.3 Å². The Hall–Kier alpha value is -2.70. The highest BCUT2D eigenvalue weighted by atomic mass is 32.1. The van der Waals surface area contributed by atoms with Crippen molar-refractivity contribution in [2.75, 3.05) is 45.9 Å². The van der Waals surface area contributed by atoms with Crippen LogP contribution < -0.4 is 10.2 Å². The molecular weight excluding hydrogens is 505 g/mol. The molecule has 2 aliphatic rings. The number of hydrogen-bond donors (Lipinski definition) is 2. The molecule has 1 saturated heterocycles. The maximum Gasteiger partial charge on any atom is 0.416 e. The average Bonchev–Trinajstić information content (AvgIpc) is 3.49. The van der Waals surface area contributed by atoms with Gasteiger partial charge in [0.2, 0.25) is 0 Å². The van der Waals surface area contributed by atoms with Gasteiger partial charge < -0.3 is 9.84 Å². The van der Waals surface area contributed by atoms with Crippen LogP contribution in [0.2, 0.25) is 0 Å². The number of benzene rings is 2. The number of fused-ring (bicyclic) bond motifs is 1. The summed E-state index contributed by atoms with van der Waals surface area (Å²) >= 11 is 1.64. The quantitative estimate of drug-likeness (QED) is 0.454. The molecule has 0 saturated carbocycles. The standard InChI is InChI=1S/C26H29F3N4O3S/c1-17-30-24-12-21(6-7-25(24)37-17)35-16-20(34)14-32-8-10-33(11-9-32)15-22-13-23(31-36-22)18-2-4-19(5-3-18)26(27,28)29/h2-7,12-13,20,22,31,34H,8-11,14-16H2,1H3. The second-order valence-electron chi connectivity index (χ2n) is 9.34. The third-order valence-corrected chi connectivity index (χ3v) is 7.43. The molecule has 2 aromatic carbocycles. The van der Waals surface area contributed by atoms with Crippen molar-refractivity contribution in [3.8, 4) is 5.75 Å². The van der Waals surface area contributed by atoms with Gasteiger partial charge >= 0.3 is 6.18 Å². The summed E-state index contributed by atoms with van der Waals surface area (Å²) in [4.78, 5) is 14.6. The van der Waals surface area contributed by atoms with Crippen molar-refractivity contribution in [1.29, 1.82) is 0 Å². The number of alkyl halides is 3. The van der Waals surface area contributed by atoms with E-state index in [0.717, 1.165) is 53.5 Å². The van der Waals surface area contributed by atoms with E-state index in [4.69, 9.17) is 9.57 Å². The zero-order valence-electron chi connectivity index (χ0n) is 20.4. The first-order valence-corrected chi connectivity index (χ1v) is 13.0. The topological polar surface area (TPSA) is 70.1 Å². The van der Waals surface area contributed by atoms with Crippen LogP contribution in [0.3, 0.4) is 0 Å². The van der Waals surface area contributed by atoms with Crippen molar-refractivity contribution in [1.82, 2.24) is 20.3 Å². The van der Waals surface area contributed by atoms with E-state index >= 15 is 0 Å². The predicted octanol–water partition coefficient (Wildman–Crippen LogP) is 3.93. The number of nitrogens with one attached hydrogen (secondary N) is 1. The molecule has 2 unspecified atom stereocenters. The molecular formula is C26H29F3N4O3S. The summed E-state index contributed by atoms with van der Waals surface area (Å²) in [6, 6.07) is 10.8. The molecule has 3 heterocycles. The van der Waals surface area contributed by atoms with E-state index in [1.54, 1.807) is 11.3 Å². The van der Waals surface area contributed by atoms with Gasteiger partial charge in [-0.15, -0.1) is 11.3 Å². The first-order chi connectivity index (χ1) is 17.7. The van der Waals surface area contributed by atoms with Gasteiger partial charge in [0.1, 0.15) is 24.6 Å². The molecule has 0 amide bonds. The Morgan fingerprint density at radius 3 is 2.59 bits per heavy atom. The largest absolute Gasteiger partial charge is 0.491 e. The van der Waals surface area contributed by atoms with Crippen LogP contribution >= 0.6 is 11.3 Å². The number of aryl methyl sites for hydroxylation is 1. The molecule has 2 N–H and O–H groups in total. The van der Waals surface area contributed by atoms with Gasteiger partial charge in [-0.05, 0) is 42.8 Å². The fourth-order valence-electron chi connectivity index (χ4n) is 4.54. The van der Waals surface area contributed by atoms with Crippen LogP contribution in [-0.2, 0) is 11.0 Å². The van der Waals surface area contributed by atoms with Gasteiger partial charge in [-0.2, -0.15) is 13.2 Å². The summed E-state index contributed by atoms with van der Waals surface area (Å²) in [6.07, 6.45) is -3.24. The van der Waals surface area contributed by atoms with Gasteiger partial charge in [0.15, 0.2) is 0 Å². The number of aliphatic hydroxyl groups is 1. The number of rotatable bonds is 8. The highest BCUT2D eigenvalue weighted by Crippen LogP contribution is 2.30. The number of piperazine rings is 1. The van der Waals surface area contributed by atoms with E-state index in [2.05, 4.69) is 20.3 Å². The number of hydroxylamine groups is 1. The highest BCUT2D eigenvalue weighted by molar-refractivity contribution is 7.18. The smallest absolute Gasteiger partial charge is 0.416 e. The van der Waals surface area contributed by atoms with Crippen LogP contribution in [0.1, 0.15) is 16.1 Å². The molecule has 2 atom stereocenters. The maximum atomic E-state index is 12.8. The normalized spacial score (nSPS) is 20.1. The minimum atomic E-state index is -4.35. The molecule has 5 rings (SSSR count). The number of halogens is 3. The van der Waals surface area contributed by atoms with Crippen LogP contribution in [0.25, 0.3) is 15.9 Å².